The standard InChI is InChI=1S/C17H14N4O2S4/c1-2-23-15(22)13-12(11(8-18)14(19)26-13)9-25-16-20-21(17(24)27-16)10-6-4-3-5-7-10/h3-7H,2,9,19H2,1H3. The van der Waals surface area contributed by atoms with Gasteiger partial charge in [0.15, 0.2) is 8.29 Å². The largest absolute Gasteiger partial charge is 0.462 e. The van der Waals surface area contributed by atoms with Gasteiger partial charge in [-0.1, -0.05) is 41.3 Å². The van der Waals surface area contributed by atoms with Crippen LogP contribution in [0.25, 0.3) is 5.69 Å². The van der Waals surface area contributed by atoms with Gasteiger partial charge >= 0.3 is 5.97 Å². The van der Waals surface area contributed by atoms with Crippen LogP contribution in [0.5, 0.6) is 0 Å². The maximum atomic E-state index is 12.2. The molecule has 0 amide bonds. The van der Waals surface area contributed by atoms with E-state index in [1.54, 1.807) is 11.6 Å². The predicted molar refractivity (Wildman–Crippen MR) is 111 cm³/mol. The molecule has 0 atom stereocenters. The summed E-state index contributed by atoms with van der Waals surface area (Å²) in [7, 11) is 0. The molecule has 3 aromatic rings. The first-order valence-corrected chi connectivity index (χ1v) is 10.8. The summed E-state index contributed by atoms with van der Waals surface area (Å²) in [5.74, 6) is -0.0873. The van der Waals surface area contributed by atoms with Crippen LogP contribution < -0.4 is 5.73 Å². The van der Waals surface area contributed by atoms with Crippen molar-refractivity contribution in [3.05, 3.63) is 50.3 Å². The summed E-state index contributed by atoms with van der Waals surface area (Å²) >= 11 is 9.26. The van der Waals surface area contributed by atoms with Gasteiger partial charge < -0.3 is 10.5 Å². The zero-order chi connectivity index (χ0) is 19.4. The Bertz CT molecular complexity index is 1060. The number of nitrogens with two attached hydrogens (primary N) is 1. The molecule has 0 bridgehead atoms. The summed E-state index contributed by atoms with van der Waals surface area (Å²) in [5.41, 5.74) is 7.69. The number of hydrogen-bond donors (Lipinski definition) is 1. The Morgan fingerprint density at radius 2 is 2.15 bits per heavy atom. The molecular weight excluding hydrogens is 420 g/mol. The van der Waals surface area contributed by atoms with Crippen LogP contribution in [0.1, 0.15) is 27.7 Å². The van der Waals surface area contributed by atoms with Gasteiger partial charge in [-0.3, -0.25) is 0 Å². The molecule has 0 radical (unpaired) electrons. The molecule has 27 heavy (non-hydrogen) atoms. The molecule has 2 aromatic heterocycles. The number of nitrogens with zero attached hydrogens (tertiary/aromatic N) is 3. The zero-order valence-corrected chi connectivity index (χ0v) is 17.4. The van der Waals surface area contributed by atoms with Crippen LogP contribution in [-0.4, -0.2) is 22.4 Å². The number of thioether (sulfide) groups is 1. The predicted octanol–water partition coefficient (Wildman–Crippen LogP) is 4.65. The van der Waals surface area contributed by atoms with Gasteiger partial charge in [0.1, 0.15) is 15.9 Å². The van der Waals surface area contributed by atoms with E-state index in [2.05, 4.69) is 11.2 Å². The highest BCUT2D eigenvalue weighted by Gasteiger charge is 2.23. The lowest BCUT2D eigenvalue weighted by Crippen LogP contribution is -2.05. The summed E-state index contributed by atoms with van der Waals surface area (Å²) in [6, 6.07) is 11.7. The normalized spacial score (nSPS) is 10.5. The molecule has 3 rings (SSSR count). The number of nitrogen functional groups attached to an aromatic ring is 1. The van der Waals surface area contributed by atoms with Crippen LogP contribution in [0.3, 0.4) is 0 Å². The molecule has 0 aliphatic carbocycles. The number of anilines is 1. The number of para-hydroxylation sites is 1. The Labute approximate surface area is 173 Å². The molecule has 0 aliphatic heterocycles. The van der Waals surface area contributed by atoms with E-state index < -0.39 is 5.97 Å². The molecule has 0 aliphatic rings. The molecule has 0 saturated heterocycles. The lowest BCUT2D eigenvalue weighted by atomic mass is 10.2. The summed E-state index contributed by atoms with van der Waals surface area (Å²) < 4.78 is 8.14. The van der Waals surface area contributed by atoms with Crippen molar-refractivity contribution >= 4 is 57.6 Å². The van der Waals surface area contributed by atoms with E-state index in [0.717, 1.165) is 21.4 Å². The number of carbonyl (C=O) groups is 1. The average Bonchev–Trinajstić information content (AvgIpc) is 3.20. The molecular formula is C17H14N4O2S4. The third-order valence-corrected chi connectivity index (χ3v) is 6.91. The van der Waals surface area contributed by atoms with E-state index in [4.69, 9.17) is 22.7 Å². The van der Waals surface area contributed by atoms with E-state index >= 15 is 0 Å². The number of ether oxygens (including phenoxy) is 1. The zero-order valence-electron chi connectivity index (χ0n) is 14.2. The van der Waals surface area contributed by atoms with Crippen molar-refractivity contribution in [3.8, 4) is 11.8 Å². The quantitative estimate of drug-likeness (QED) is 0.343. The molecule has 2 heterocycles. The lowest BCUT2D eigenvalue weighted by molar-refractivity contribution is 0.0531. The fraction of sp³-hybridized carbons (Fsp3) is 0.176. The molecule has 138 valence electrons. The summed E-state index contributed by atoms with van der Waals surface area (Å²) in [5, 5.41) is 14.3. The monoisotopic (exact) mass is 434 g/mol. The van der Waals surface area contributed by atoms with Crippen LogP contribution >= 0.6 is 46.7 Å². The molecule has 2 N–H and O–H groups in total. The van der Waals surface area contributed by atoms with Gasteiger partial charge in [-0.15, -0.1) is 16.4 Å². The highest BCUT2D eigenvalue weighted by molar-refractivity contribution is 8.00. The summed E-state index contributed by atoms with van der Waals surface area (Å²) in [6.45, 7) is 1.99. The highest BCUT2D eigenvalue weighted by atomic mass is 32.2. The SMILES string of the molecule is CCOC(=O)c1sc(N)c(C#N)c1CSc1nn(-c2ccccc2)c(=S)s1. The van der Waals surface area contributed by atoms with Crippen LogP contribution in [-0.2, 0) is 10.5 Å². The Kier molecular flexibility index (Phi) is 6.28. The van der Waals surface area contributed by atoms with Crippen LogP contribution in [0.15, 0.2) is 34.7 Å². The van der Waals surface area contributed by atoms with Crippen molar-refractivity contribution in [3.63, 3.8) is 0 Å². The Morgan fingerprint density at radius 1 is 1.41 bits per heavy atom. The van der Waals surface area contributed by atoms with E-state index in [0.29, 0.717) is 30.7 Å². The van der Waals surface area contributed by atoms with Gasteiger partial charge in [-0.05, 0) is 31.3 Å². The number of benzene rings is 1. The Morgan fingerprint density at radius 3 is 2.81 bits per heavy atom. The van der Waals surface area contributed by atoms with Crippen molar-refractivity contribution in [2.75, 3.05) is 12.3 Å². The molecule has 1 aromatic carbocycles. The maximum Gasteiger partial charge on any atom is 0.348 e. The van der Waals surface area contributed by atoms with Gasteiger partial charge in [0.25, 0.3) is 0 Å². The third kappa shape index (κ3) is 4.22. The van der Waals surface area contributed by atoms with Gasteiger partial charge in [0.05, 0.1) is 17.9 Å². The first-order valence-electron chi connectivity index (χ1n) is 7.81. The van der Waals surface area contributed by atoms with Crippen molar-refractivity contribution in [2.24, 2.45) is 0 Å². The summed E-state index contributed by atoms with van der Waals surface area (Å²) in [6.07, 6.45) is 0. The second-order valence-corrected chi connectivity index (χ2v) is 9.05. The van der Waals surface area contributed by atoms with Crippen LogP contribution in [0.4, 0.5) is 5.00 Å². The van der Waals surface area contributed by atoms with Gasteiger partial charge in [-0.2, -0.15) is 5.26 Å². The highest BCUT2D eigenvalue weighted by Crippen LogP contribution is 2.36. The first-order chi connectivity index (χ1) is 13.0. The van der Waals surface area contributed by atoms with Gasteiger partial charge in [-0.25, -0.2) is 9.48 Å². The minimum Gasteiger partial charge on any atom is -0.462 e. The fourth-order valence-corrected chi connectivity index (χ4v) is 5.70. The molecule has 0 saturated carbocycles. The lowest BCUT2D eigenvalue weighted by Gasteiger charge is -2.03. The van der Waals surface area contributed by atoms with Crippen molar-refractivity contribution < 1.29 is 9.53 Å². The number of nitriles is 1. The Balaban J connectivity index is 1.87. The topological polar surface area (TPSA) is 93.9 Å². The van der Waals surface area contributed by atoms with E-state index in [1.165, 1.54) is 23.1 Å². The van der Waals surface area contributed by atoms with Crippen LogP contribution in [0, 0.1) is 15.3 Å². The first kappa shape index (κ1) is 19.6. The summed E-state index contributed by atoms with van der Waals surface area (Å²) in [4.78, 5) is 12.5. The smallest absolute Gasteiger partial charge is 0.348 e. The minimum atomic E-state index is -0.464. The molecule has 0 spiro atoms. The number of esters is 1. The van der Waals surface area contributed by atoms with E-state index in [9.17, 15) is 10.1 Å². The third-order valence-electron chi connectivity index (χ3n) is 3.48. The molecule has 0 fully saturated rings. The Hall–Kier alpha value is -2.19. The number of hydrogen-bond acceptors (Lipinski definition) is 9. The minimum absolute atomic E-state index is 0.258. The number of thiophene rings is 1. The molecule has 0 unspecified atom stereocenters. The molecule has 10 heteroatoms. The second-order valence-electron chi connectivity index (χ2n) is 5.15. The van der Waals surface area contributed by atoms with Gasteiger partial charge in [0.2, 0.25) is 0 Å². The van der Waals surface area contributed by atoms with Crippen molar-refractivity contribution in [1.29, 1.82) is 5.26 Å². The second kappa shape index (κ2) is 8.67. The number of carbonyl (C=O) groups excluding carboxylic acids is 1. The van der Waals surface area contributed by atoms with Crippen molar-refractivity contribution in [1.82, 2.24) is 9.78 Å². The van der Waals surface area contributed by atoms with Gasteiger partial charge in [0, 0.05) is 11.3 Å². The molecule has 6 nitrogen and oxygen atoms in total. The fourth-order valence-electron chi connectivity index (χ4n) is 2.29. The average molecular weight is 435 g/mol. The van der Waals surface area contributed by atoms with E-state index in [-0.39, 0.29) is 6.61 Å². The van der Waals surface area contributed by atoms with Crippen molar-refractivity contribution in [2.45, 2.75) is 17.0 Å². The number of aromatic nitrogens is 2. The van der Waals surface area contributed by atoms with Crippen LogP contribution in [0.2, 0.25) is 0 Å². The van der Waals surface area contributed by atoms with E-state index in [1.807, 2.05) is 30.3 Å². The number of rotatable bonds is 6. The maximum absolute atomic E-state index is 12.2.